The molecule has 6 heteroatoms. The van der Waals surface area contributed by atoms with Gasteiger partial charge in [-0.3, -0.25) is 14.4 Å². The van der Waals surface area contributed by atoms with Crippen molar-refractivity contribution in [1.82, 2.24) is 10.8 Å². The van der Waals surface area contributed by atoms with E-state index in [1.165, 1.54) is 12.5 Å². The second-order valence-corrected chi connectivity index (χ2v) is 2.98. The van der Waals surface area contributed by atoms with E-state index in [0.29, 0.717) is 12.2 Å². The summed E-state index contributed by atoms with van der Waals surface area (Å²) >= 11 is 0. The van der Waals surface area contributed by atoms with Crippen LogP contribution in [0, 0.1) is 0 Å². The van der Waals surface area contributed by atoms with Crippen LogP contribution in [0.3, 0.4) is 0 Å². The van der Waals surface area contributed by atoms with Gasteiger partial charge < -0.3 is 9.73 Å². The lowest BCUT2D eigenvalue weighted by Crippen LogP contribution is -2.30. The maximum atomic E-state index is 11.4. The van der Waals surface area contributed by atoms with E-state index in [2.05, 4.69) is 10.8 Å². The number of carbonyl (C=O) groups is 2. The molecule has 1 rings (SSSR count). The number of hydroxylamine groups is 1. The Balaban J connectivity index is 2.16. The third-order valence-electron chi connectivity index (χ3n) is 1.75. The summed E-state index contributed by atoms with van der Waals surface area (Å²) in [5.41, 5.74) is 2.67. The predicted octanol–water partition coefficient (Wildman–Crippen LogP) is 0.467. The van der Waals surface area contributed by atoms with Crippen LogP contribution in [-0.2, 0) is 9.63 Å². The van der Waals surface area contributed by atoms with Crippen molar-refractivity contribution >= 4 is 11.8 Å². The average molecular weight is 226 g/mol. The van der Waals surface area contributed by atoms with Gasteiger partial charge in [0.1, 0.15) is 6.26 Å². The molecular weight excluding hydrogens is 212 g/mol. The fraction of sp³-hybridized carbons (Fsp3) is 0.400. The third-order valence-corrected chi connectivity index (χ3v) is 1.75. The lowest BCUT2D eigenvalue weighted by atomic mass is 10.3. The molecule has 0 fully saturated rings. The lowest BCUT2D eigenvalue weighted by molar-refractivity contribution is -0.133. The summed E-state index contributed by atoms with van der Waals surface area (Å²) in [5, 5.41) is 2.58. The molecule has 1 aromatic rings. The van der Waals surface area contributed by atoms with Crippen molar-refractivity contribution in [2.24, 2.45) is 0 Å². The van der Waals surface area contributed by atoms with Gasteiger partial charge in [0.2, 0.25) is 5.91 Å². The third kappa shape index (κ3) is 4.14. The molecule has 0 bridgehead atoms. The van der Waals surface area contributed by atoms with Crippen LogP contribution in [0.4, 0.5) is 0 Å². The zero-order valence-electron chi connectivity index (χ0n) is 8.99. The summed E-state index contributed by atoms with van der Waals surface area (Å²) in [6.45, 7) is 2.43. The van der Waals surface area contributed by atoms with Gasteiger partial charge >= 0.3 is 0 Å². The molecule has 0 saturated carbocycles. The second kappa shape index (κ2) is 6.62. The molecule has 16 heavy (non-hydrogen) atoms. The van der Waals surface area contributed by atoms with Crippen LogP contribution in [0.1, 0.15) is 23.7 Å². The molecule has 2 N–H and O–H groups in total. The maximum absolute atomic E-state index is 11.4. The van der Waals surface area contributed by atoms with Gasteiger partial charge in [-0.2, -0.15) is 0 Å². The summed E-state index contributed by atoms with van der Waals surface area (Å²) in [6.07, 6.45) is 2.93. The first-order chi connectivity index (χ1) is 7.74. The molecule has 0 aliphatic carbocycles. The number of nitrogens with one attached hydrogen (secondary N) is 2. The topological polar surface area (TPSA) is 80.6 Å². The molecule has 0 atom stereocenters. The number of carbonyl (C=O) groups excluding carboxylic acids is 2. The van der Waals surface area contributed by atoms with E-state index in [1.807, 2.05) is 0 Å². The number of furan rings is 1. The summed E-state index contributed by atoms with van der Waals surface area (Å²) in [4.78, 5) is 27.1. The minimum absolute atomic E-state index is 0.170. The Labute approximate surface area is 92.9 Å². The Morgan fingerprint density at radius 1 is 1.50 bits per heavy atom. The SMILES string of the molecule is CCONC(=O)CCNC(=O)c1ccoc1. The Morgan fingerprint density at radius 2 is 2.31 bits per heavy atom. The van der Waals surface area contributed by atoms with Crippen LogP contribution in [0.25, 0.3) is 0 Å². The van der Waals surface area contributed by atoms with E-state index in [4.69, 9.17) is 9.25 Å². The molecule has 0 aliphatic rings. The van der Waals surface area contributed by atoms with Gasteiger partial charge in [-0.15, -0.1) is 0 Å². The molecule has 0 unspecified atom stereocenters. The number of rotatable bonds is 6. The fourth-order valence-corrected chi connectivity index (χ4v) is 0.989. The minimum atomic E-state index is -0.269. The first-order valence-corrected chi connectivity index (χ1v) is 4.95. The second-order valence-electron chi connectivity index (χ2n) is 2.98. The highest BCUT2D eigenvalue weighted by Crippen LogP contribution is 1.98. The summed E-state index contributed by atoms with van der Waals surface area (Å²) < 4.78 is 4.76. The monoisotopic (exact) mass is 226 g/mol. The smallest absolute Gasteiger partial charge is 0.254 e. The summed E-state index contributed by atoms with van der Waals surface area (Å²) in [5.74, 6) is -0.535. The Morgan fingerprint density at radius 3 is 2.94 bits per heavy atom. The highest BCUT2D eigenvalue weighted by atomic mass is 16.6. The zero-order chi connectivity index (χ0) is 11.8. The molecule has 0 radical (unpaired) electrons. The van der Waals surface area contributed by atoms with Crippen molar-refractivity contribution in [2.45, 2.75) is 13.3 Å². The standard InChI is InChI=1S/C10H14N2O4/c1-2-16-12-9(13)3-5-11-10(14)8-4-6-15-7-8/h4,6-7H,2-3,5H2,1H3,(H,11,14)(H,12,13). The molecule has 0 aliphatic heterocycles. The van der Waals surface area contributed by atoms with Crippen molar-refractivity contribution in [1.29, 1.82) is 0 Å². The van der Waals surface area contributed by atoms with Crippen LogP contribution in [0.2, 0.25) is 0 Å². The van der Waals surface area contributed by atoms with Crippen LogP contribution in [-0.4, -0.2) is 25.0 Å². The Bertz CT molecular complexity index is 335. The lowest BCUT2D eigenvalue weighted by Gasteiger charge is -2.04. The van der Waals surface area contributed by atoms with Crippen LogP contribution in [0.15, 0.2) is 23.0 Å². The number of amides is 2. The van der Waals surface area contributed by atoms with Crippen LogP contribution in [0.5, 0.6) is 0 Å². The van der Waals surface area contributed by atoms with Crippen molar-refractivity contribution < 1.29 is 18.8 Å². The number of hydrogen-bond acceptors (Lipinski definition) is 4. The Kier molecular flexibility index (Phi) is 5.07. The van der Waals surface area contributed by atoms with Gasteiger partial charge in [0, 0.05) is 13.0 Å². The average Bonchev–Trinajstić information content (AvgIpc) is 2.79. The van der Waals surface area contributed by atoms with E-state index >= 15 is 0 Å². The van der Waals surface area contributed by atoms with Crippen molar-refractivity contribution in [2.75, 3.05) is 13.2 Å². The molecule has 1 heterocycles. The van der Waals surface area contributed by atoms with Gasteiger partial charge in [-0.25, -0.2) is 5.48 Å². The van der Waals surface area contributed by atoms with Gasteiger partial charge in [0.15, 0.2) is 0 Å². The molecule has 6 nitrogen and oxygen atoms in total. The predicted molar refractivity (Wildman–Crippen MR) is 55.4 cm³/mol. The zero-order valence-corrected chi connectivity index (χ0v) is 8.99. The summed E-state index contributed by atoms with van der Waals surface area (Å²) in [6, 6.07) is 1.55. The normalized spacial score (nSPS) is 9.81. The van der Waals surface area contributed by atoms with Gasteiger partial charge in [0.05, 0.1) is 18.4 Å². The van der Waals surface area contributed by atoms with Gasteiger partial charge in [-0.05, 0) is 13.0 Å². The first-order valence-electron chi connectivity index (χ1n) is 4.95. The molecule has 88 valence electrons. The summed E-state index contributed by atoms with van der Waals surface area (Å²) in [7, 11) is 0. The molecular formula is C10H14N2O4. The quantitative estimate of drug-likeness (QED) is 0.691. The first kappa shape index (κ1) is 12.3. The van der Waals surface area contributed by atoms with Crippen molar-refractivity contribution in [3.05, 3.63) is 24.2 Å². The van der Waals surface area contributed by atoms with E-state index in [9.17, 15) is 9.59 Å². The maximum Gasteiger partial charge on any atom is 0.254 e. The van der Waals surface area contributed by atoms with E-state index < -0.39 is 0 Å². The molecule has 0 spiro atoms. The van der Waals surface area contributed by atoms with Crippen LogP contribution >= 0.6 is 0 Å². The van der Waals surface area contributed by atoms with Gasteiger partial charge in [0.25, 0.3) is 5.91 Å². The van der Waals surface area contributed by atoms with Gasteiger partial charge in [-0.1, -0.05) is 0 Å². The van der Waals surface area contributed by atoms with Crippen molar-refractivity contribution in [3.8, 4) is 0 Å². The highest BCUT2D eigenvalue weighted by Gasteiger charge is 2.07. The van der Waals surface area contributed by atoms with Crippen molar-refractivity contribution in [3.63, 3.8) is 0 Å². The fourth-order valence-electron chi connectivity index (χ4n) is 0.989. The van der Waals surface area contributed by atoms with E-state index in [0.717, 1.165) is 0 Å². The number of hydrogen-bond donors (Lipinski definition) is 2. The molecule has 0 aromatic carbocycles. The van der Waals surface area contributed by atoms with Crippen LogP contribution < -0.4 is 10.8 Å². The highest BCUT2D eigenvalue weighted by molar-refractivity contribution is 5.93. The molecule has 1 aromatic heterocycles. The molecule has 2 amide bonds. The van der Waals surface area contributed by atoms with E-state index in [-0.39, 0.29) is 24.8 Å². The Hall–Kier alpha value is -1.82. The minimum Gasteiger partial charge on any atom is -0.472 e. The molecule has 0 saturated heterocycles. The van der Waals surface area contributed by atoms with E-state index in [1.54, 1.807) is 13.0 Å². The largest absolute Gasteiger partial charge is 0.472 e.